The van der Waals surface area contributed by atoms with Crippen molar-refractivity contribution in [1.82, 2.24) is 0 Å². The molecule has 3 fully saturated rings. The van der Waals surface area contributed by atoms with Crippen LogP contribution < -0.4 is 0 Å². The maximum atomic E-state index is 11.1. The third-order valence-corrected chi connectivity index (χ3v) is 9.42. The highest BCUT2D eigenvalue weighted by atomic mass is 127. The molecule has 3 rings (SSSR count). The summed E-state index contributed by atoms with van der Waals surface area (Å²) in [6, 6.07) is 1.10. The number of aliphatic hydroxyl groups is 2. The molecule has 2 N–H and O–H groups in total. The van der Waals surface area contributed by atoms with E-state index < -0.39 is 11.2 Å². The van der Waals surface area contributed by atoms with Gasteiger partial charge in [-0.15, -0.1) is 13.2 Å². The smallest absolute Gasteiger partial charge is 0.129 e. The number of quaternary nitrogens is 2. The first-order valence-electron chi connectivity index (χ1n) is 9.78. The highest BCUT2D eigenvalue weighted by molar-refractivity contribution is 14.1. The van der Waals surface area contributed by atoms with Crippen molar-refractivity contribution in [3.63, 3.8) is 0 Å². The lowest BCUT2D eigenvalue weighted by atomic mass is 9.97. The monoisotopic (exact) mass is 588 g/mol. The number of hydrogen-bond donors (Lipinski definition) is 2. The molecule has 0 amide bonds. The van der Waals surface area contributed by atoms with E-state index in [1.807, 2.05) is 12.2 Å². The quantitative estimate of drug-likeness (QED) is 0.217. The molecule has 3 heterocycles. The third kappa shape index (κ3) is 3.79. The zero-order chi connectivity index (χ0) is 19.1. The molecule has 26 heavy (non-hydrogen) atoms. The van der Waals surface area contributed by atoms with Gasteiger partial charge >= 0.3 is 0 Å². The Morgan fingerprint density at radius 1 is 0.808 bits per heavy atom. The van der Waals surface area contributed by atoms with Crippen molar-refractivity contribution in [3.05, 3.63) is 25.3 Å². The van der Waals surface area contributed by atoms with Gasteiger partial charge in [0, 0.05) is 12.8 Å². The number of alkyl halides is 2. The van der Waals surface area contributed by atoms with Gasteiger partial charge in [-0.2, -0.15) is 0 Å². The zero-order valence-corrected chi connectivity index (χ0v) is 20.1. The number of rotatable bonds is 6. The molecular weight excluding hydrogens is 554 g/mol. The molecule has 3 saturated heterocycles. The molecule has 0 aromatic carbocycles. The van der Waals surface area contributed by atoms with Crippen LogP contribution in [0.3, 0.4) is 0 Å². The first-order valence-corrected chi connectivity index (χ1v) is 12.8. The van der Waals surface area contributed by atoms with E-state index in [4.69, 9.17) is 0 Å². The largest absolute Gasteiger partial charge is 0.383 e. The Labute approximate surface area is 185 Å². The van der Waals surface area contributed by atoms with Crippen LogP contribution in [0.25, 0.3) is 0 Å². The van der Waals surface area contributed by atoms with Crippen molar-refractivity contribution in [2.24, 2.45) is 0 Å². The summed E-state index contributed by atoms with van der Waals surface area (Å²) in [7, 11) is 0. The lowest BCUT2D eigenvalue weighted by Gasteiger charge is -2.51. The molecule has 0 radical (unpaired) electrons. The molecule has 2 spiro atoms. The molecule has 0 bridgehead atoms. The van der Waals surface area contributed by atoms with Crippen molar-refractivity contribution >= 4 is 45.2 Å². The van der Waals surface area contributed by atoms with Crippen molar-refractivity contribution in [1.29, 1.82) is 0 Å². The van der Waals surface area contributed by atoms with E-state index in [1.54, 1.807) is 0 Å². The Kier molecular flexibility index (Phi) is 6.52. The van der Waals surface area contributed by atoms with Crippen LogP contribution in [0.2, 0.25) is 0 Å². The topological polar surface area (TPSA) is 40.5 Å². The normalized spacial score (nSPS) is 48.3. The molecule has 0 aromatic rings. The lowest BCUT2D eigenvalue weighted by Crippen LogP contribution is -2.70. The lowest BCUT2D eigenvalue weighted by molar-refractivity contribution is -1.04. The van der Waals surface area contributed by atoms with Gasteiger partial charge in [0.2, 0.25) is 0 Å². The van der Waals surface area contributed by atoms with Gasteiger partial charge in [-0.05, 0) is 12.8 Å². The van der Waals surface area contributed by atoms with Gasteiger partial charge in [-0.25, -0.2) is 0 Å². The van der Waals surface area contributed by atoms with Crippen LogP contribution in [-0.4, -0.2) is 90.6 Å². The van der Waals surface area contributed by atoms with E-state index in [9.17, 15) is 10.2 Å². The molecule has 4 nitrogen and oxygen atoms in total. The van der Waals surface area contributed by atoms with E-state index >= 15 is 0 Å². The molecule has 3 aliphatic heterocycles. The number of hydrogen-bond acceptors (Lipinski definition) is 2. The third-order valence-electron chi connectivity index (χ3n) is 7.38. The average molecular weight is 588 g/mol. The summed E-state index contributed by atoms with van der Waals surface area (Å²) in [4.78, 5) is 0. The van der Waals surface area contributed by atoms with Crippen LogP contribution in [0.4, 0.5) is 0 Å². The van der Waals surface area contributed by atoms with Crippen LogP contribution in [0.1, 0.15) is 25.7 Å². The molecule has 0 aromatic heterocycles. The number of nitrogens with zero attached hydrogens (tertiary/aromatic N) is 2. The second-order valence-electron chi connectivity index (χ2n) is 9.11. The molecule has 3 aliphatic rings. The average Bonchev–Trinajstić information content (AvgIpc) is 3.03. The van der Waals surface area contributed by atoms with Crippen LogP contribution in [-0.2, 0) is 0 Å². The van der Waals surface area contributed by atoms with E-state index in [2.05, 4.69) is 58.3 Å². The van der Waals surface area contributed by atoms with Crippen molar-refractivity contribution in [3.8, 4) is 0 Å². The van der Waals surface area contributed by atoms with Gasteiger partial charge < -0.3 is 19.2 Å². The fraction of sp³-hybridized carbons (Fsp3) is 0.800. The summed E-state index contributed by atoms with van der Waals surface area (Å²) in [5.41, 5.74) is -1.14. The summed E-state index contributed by atoms with van der Waals surface area (Å²) in [6.07, 6.45) is 6.97. The minimum absolute atomic E-state index is 0.550. The molecule has 0 saturated carbocycles. The van der Waals surface area contributed by atoms with Crippen LogP contribution in [0, 0.1) is 0 Å². The van der Waals surface area contributed by atoms with E-state index in [0.29, 0.717) is 24.9 Å². The Balaban J connectivity index is 1.77. The number of piperazine rings is 1. The number of halogens is 2. The summed E-state index contributed by atoms with van der Waals surface area (Å²) >= 11 is 5.01. The van der Waals surface area contributed by atoms with Gasteiger partial charge in [0.25, 0.3) is 0 Å². The fourth-order valence-corrected chi connectivity index (χ4v) is 8.42. The Hall–Kier alpha value is 0.780. The highest BCUT2D eigenvalue weighted by Crippen LogP contribution is 2.44. The standard InChI is InChI=1S/C20H34I2N2O2/c1-3-5-19(25)11-17(13-21)23(15-19)7-9-24(10-8-23)16-20(26,6-4-2)12-18(24)14-22/h3-4,17-18,25-26H,1-2,5-16H2/q+2/t17-,18-,19-,20+,23?,24?/m1/s1. The van der Waals surface area contributed by atoms with Gasteiger partial charge in [0.1, 0.15) is 62.6 Å². The van der Waals surface area contributed by atoms with Crippen LogP contribution in [0.5, 0.6) is 0 Å². The minimum Gasteiger partial charge on any atom is -0.383 e. The van der Waals surface area contributed by atoms with Crippen LogP contribution in [0.15, 0.2) is 25.3 Å². The summed E-state index contributed by atoms with van der Waals surface area (Å²) < 4.78 is 4.35. The van der Waals surface area contributed by atoms with Gasteiger partial charge in [0.15, 0.2) is 0 Å². The van der Waals surface area contributed by atoms with Crippen molar-refractivity contribution in [2.75, 3.05) is 48.1 Å². The van der Waals surface area contributed by atoms with E-state index in [1.165, 1.54) is 0 Å². The zero-order valence-electron chi connectivity index (χ0n) is 15.8. The molecule has 6 heteroatoms. The Bertz CT molecular complexity index is 502. The van der Waals surface area contributed by atoms with Gasteiger partial charge in [0.05, 0.1) is 8.86 Å². The predicted octanol–water partition coefficient (Wildman–Crippen LogP) is 2.66. The first-order chi connectivity index (χ1) is 12.3. The van der Waals surface area contributed by atoms with Crippen molar-refractivity contribution < 1.29 is 19.2 Å². The van der Waals surface area contributed by atoms with Gasteiger partial charge in [-0.1, -0.05) is 57.3 Å². The van der Waals surface area contributed by atoms with E-state index in [0.717, 1.165) is 69.9 Å². The molecule has 0 aliphatic carbocycles. The molecule has 4 atom stereocenters. The van der Waals surface area contributed by atoms with E-state index in [-0.39, 0.29) is 0 Å². The Morgan fingerprint density at radius 3 is 1.42 bits per heavy atom. The Morgan fingerprint density at radius 2 is 1.15 bits per heavy atom. The molecule has 0 unspecified atom stereocenters. The summed E-state index contributed by atoms with van der Waals surface area (Å²) in [5, 5.41) is 22.1. The second-order valence-corrected chi connectivity index (χ2v) is 10.9. The SMILES string of the molecule is C=CC[C@@]1(O)C[C@H](CI)[N+]2(CC[N+]3(CC2)C[C@](O)(CC=C)C[C@@H]3CI)C1. The van der Waals surface area contributed by atoms with Crippen molar-refractivity contribution in [2.45, 2.75) is 49.0 Å². The summed E-state index contributed by atoms with van der Waals surface area (Å²) in [5.74, 6) is 0. The first kappa shape index (κ1) is 21.5. The predicted molar refractivity (Wildman–Crippen MR) is 124 cm³/mol. The maximum Gasteiger partial charge on any atom is 0.129 e. The maximum absolute atomic E-state index is 11.1. The highest BCUT2D eigenvalue weighted by Gasteiger charge is 2.61. The minimum atomic E-state index is -0.572. The fourth-order valence-electron chi connectivity index (χ4n) is 6.13. The van der Waals surface area contributed by atoms with Crippen LogP contribution >= 0.6 is 45.2 Å². The van der Waals surface area contributed by atoms with Gasteiger partial charge in [-0.3, -0.25) is 0 Å². The molecule has 148 valence electrons. The summed E-state index contributed by atoms with van der Waals surface area (Å²) in [6.45, 7) is 14.0. The molecular formula is C20H34I2N2O2+2. The second kappa shape index (κ2) is 7.89.